The predicted octanol–water partition coefficient (Wildman–Crippen LogP) is 3.92. The fourth-order valence-corrected chi connectivity index (χ4v) is 5.90. The Kier molecular flexibility index (Phi) is 6.11. The van der Waals surface area contributed by atoms with Gasteiger partial charge < -0.3 is 14.6 Å². The van der Waals surface area contributed by atoms with Crippen LogP contribution in [0.25, 0.3) is 0 Å². The molecule has 5 nitrogen and oxygen atoms in total. The molecule has 3 aromatic carbocycles. The van der Waals surface area contributed by atoms with Crippen LogP contribution in [0.15, 0.2) is 78.9 Å². The number of aliphatic hydroxyl groups is 1. The summed E-state index contributed by atoms with van der Waals surface area (Å²) in [7, 11) is 3.43. The molecule has 3 aromatic rings. The number of hydrogen-bond donors (Lipinski definition) is 1. The predicted molar refractivity (Wildman–Crippen MR) is 130 cm³/mol. The lowest BCUT2D eigenvalue weighted by Gasteiger charge is -2.71. The normalized spacial score (nSPS) is 21.9. The summed E-state index contributed by atoms with van der Waals surface area (Å²) in [6.07, 6.45) is 0. The van der Waals surface area contributed by atoms with E-state index in [-0.39, 0.29) is 18.2 Å². The lowest BCUT2D eigenvalue weighted by molar-refractivity contribution is -0.198. The molecule has 0 unspecified atom stereocenters. The van der Waals surface area contributed by atoms with E-state index >= 15 is 0 Å². The molecule has 0 bridgehead atoms. The molecule has 172 valence electrons. The molecule has 0 saturated carbocycles. The van der Waals surface area contributed by atoms with Crippen LogP contribution in [-0.4, -0.2) is 60.4 Å². The third-order valence-electron chi connectivity index (χ3n) is 7.35. The first-order chi connectivity index (χ1) is 16.2. The highest BCUT2D eigenvalue weighted by atomic mass is 16.5. The van der Waals surface area contributed by atoms with Gasteiger partial charge in [-0.15, -0.1) is 0 Å². The first-order valence-electron chi connectivity index (χ1n) is 11.6. The van der Waals surface area contributed by atoms with Gasteiger partial charge in [0.2, 0.25) is 0 Å². The number of rotatable bonds is 8. The molecule has 5 rings (SSSR count). The molecule has 5 heteroatoms. The molecular weight excluding hydrogens is 412 g/mol. The zero-order valence-electron chi connectivity index (χ0n) is 19.4. The van der Waals surface area contributed by atoms with Crippen LogP contribution >= 0.6 is 0 Å². The summed E-state index contributed by atoms with van der Waals surface area (Å²) in [6.45, 7) is 3.74. The van der Waals surface area contributed by atoms with E-state index in [1.165, 1.54) is 16.7 Å². The zero-order valence-corrected chi connectivity index (χ0v) is 19.4. The van der Waals surface area contributed by atoms with Crippen LogP contribution in [0.3, 0.4) is 0 Å². The van der Waals surface area contributed by atoms with Crippen molar-refractivity contribution in [3.8, 4) is 11.5 Å². The Morgan fingerprint density at radius 2 is 1.64 bits per heavy atom. The van der Waals surface area contributed by atoms with Crippen LogP contribution < -0.4 is 9.47 Å². The van der Waals surface area contributed by atoms with Crippen molar-refractivity contribution in [2.75, 3.05) is 33.9 Å². The maximum atomic E-state index is 10.4. The van der Waals surface area contributed by atoms with E-state index in [4.69, 9.17) is 9.47 Å². The van der Waals surface area contributed by atoms with Gasteiger partial charge in [-0.1, -0.05) is 60.7 Å². The average Bonchev–Trinajstić information content (AvgIpc) is 2.84. The van der Waals surface area contributed by atoms with Gasteiger partial charge in [-0.25, -0.2) is 0 Å². The number of hydrogen-bond acceptors (Lipinski definition) is 5. The van der Waals surface area contributed by atoms with Gasteiger partial charge in [-0.2, -0.15) is 0 Å². The molecule has 1 spiro atoms. The van der Waals surface area contributed by atoms with Crippen molar-refractivity contribution in [1.82, 2.24) is 9.80 Å². The second-order valence-corrected chi connectivity index (χ2v) is 9.18. The molecule has 0 amide bonds. The Bertz CT molecular complexity index is 1080. The van der Waals surface area contributed by atoms with Crippen molar-refractivity contribution >= 4 is 0 Å². The highest BCUT2D eigenvalue weighted by Crippen LogP contribution is 2.54. The highest BCUT2D eigenvalue weighted by Gasteiger charge is 2.65. The van der Waals surface area contributed by atoms with Crippen molar-refractivity contribution in [3.63, 3.8) is 0 Å². The van der Waals surface area contributed by atoms with Gasteiger partial charge in [0.25, 0.3) is 0 Å². The topological polar surface area (TPSA) is 45.2 Å². The number of nitrogens with zero attached hydrogens (tertiary/aromatic N) is 2. The van der Waals surface area contributed by atoms with Crippen molar-refractivity contribution < 1.29 is 14.6 Å². The van der Waals surface area contributed by atoms with Gasteiger partial charge in [0.05, 0.1) is 26.4 Å². The molecule has 33 heavy (non-hydrogen) atoms. The summed E-state index contributed by atoms with van der Waals surface area (Å²) in [5.74, 6) is 2.12. The van der Waals surface area contributed by atoms with Crippen molar-refractivity contribution in [2.45, 2.75) is 30.6 Å². The zero-order chi connectivity index (χ0) is 22.8. The average molecular weight is 445 g/mol. The number of methoxy groups -OCH3 is 2. The van der Waals surface area contributed by atoms with Crippen molar-refractivity contribution in [3.05, 3.63) is 95.6 Å². The summed E-state index contributed by atoms with van der Waals surface area (Å²) in [5, 5.41) is 10.4. The molecule has 2 saturated heterocycles. The lowest BCUT2D eigenvalue weighted by Crippen LogP contribution is -2.83. The van der Waals surface area contributed by atoms with E-state index in [9.17, 15) is 5.11 Å². The molecule has 1 N–H and O–H groups in total. The van der Waals surface area contributed by atoms with Crippen LogP contribution in [0.1, 0.15) is 22.6 Å². The molecule has 2 aliphatic heterocycles. The van der Waals surface area contributed by atoms with Crippen molar-refractivity contribution in [1.29, 1.82) is 0 Å². The standard InChI is InChI=1S/C28H32N2O3/c1-32-24-13-8-9-21(15-24)16-30-25(18-31)27(22-10-4-3-5-11-22)28(30)19-29(20-28)17-23-12-6-7-14-26(23)33-2/h3-15,25,27,31H,16-20H2,1-2H3/t25-,27+/m0/s1. The summed E-state index contributed by atoms with van der Waals surface area (Å²) >= 11 is 0. The highest BCUT2D eigenvalue weighted by molar-refractivity contribution is 5.39. The molecule has 2 atom stereocenters. The molecule has 0 aliphatic carbocycles. The van der Waals surface area contributed by atoms with E-state index in [1.807, 2.05) is 24.3 Å². The van der Waals surface area contributed by atoms with E-state index in [2.05, 4.69) is 64.4 Å². The molecule has 0 radical (unpaired) electrons. The van der Waals surface area contributed by atoms with Gasteiger partial charge in [0, 0.05) is 43.7 Å². The Hall–Kier alpha value is -2.86. The Morgan fingerprint density at radius 3 is 2.36 bits per heavy atom. The fraction of sp³-hybridized carbons (Fsp3) is 0.357. The van der Waals surface area contributed by atoms with Crippen LogP contribution in [0.2, 0.25) is 0 Å². The van der Waals surface area contributed by atoms with E-state index in [0.717, 1.165) is 37.7 Å². The number of likely N-dealkylation sites (tertiary alicyclic amines) is 2. The van der Waals surface area contributed by atoms with Gasteiger partial charge >= 0.3 is 0 Å². The number of para-hydroxylation sites is 1. The molecule has 2 fully saturated rings. The maximum Gasteiger partial charge on any atom is 0.123 e. The quantitative estimate of drug-likeness (QED) is 0.571. The Morgan fingerprint density at radius 1 is 0.879 bits per heavy atom. The SMILES string of the molecule is COc1cccc(CN2[C@@H](CO)[C@@H](c3ccccc3)C23CN(Cc2ccccc2OC)C3)c1. The van der Waals surface area contributed by atoms with E-state index in [1.54, 1.807) is 14.2 Å². The summed E-state index contributed by atoms with van der Waals surface area (Å²) in [4.78, 5) is 5.00. The monoisotopic (exact) mass is 444 g/mol. The third kappa shape index (κ3) is 3.90. The van der Waals surface area contributed by atoms with Crippen LogP contribution in [-0.2, 0) is 13.1 Å². The number of ether oxygens (including phenoxy) is 2. The summed E-state index contributed by atoms with van der Waals surface area (Å²) in [6, 6.07) is 27.3. The Balaban J connectivity index is 1.41. The maximum absolute atomic E-state index is 10.4. The van der Waals surface area contributed by atoms with Gasteiger partial charge in [-0.3, -0.25) is 9.80 Å². The van der Waals surface area contributed by atoms with Crippen LogP contribution in [0.5, 0.6) is 11.5 Å². The van der Waals surface area contributed by atoms with Gasteiger partial charge in [-0.05, 0) is 29.3 Å². The minimum absolute atomic E-state index is 0.0137. The minimum atomic E-state index is 0.0137. The second-order valence-electron chi connectivity index (χ2n) is 9.18. The second kappa shape index (κ2) is 9.18. The number of benzene rings is 3. The largest absolute Gasteiger partial charge is 0.497 e. The summed E-state index contributed by atoms with van der Waals surface area (Å²) in [5.41, 5.74) is 3.75. The lowest BCUT2D eigenvalue weighted by atomic mass is 9.60. The van der Waals surface area contributed by atoms with Crippen LogP contribution in [0.4, 0.5) is 0 Å². The summed E-state index contributed by atoms with van der Waals surface area (Å²) < 4.78 is 11.0. The minimum Gasteiger partial charge on any atom is -0.497 e. The molecule has 0 aromatic heterocycles. The van der Waals surface area contributed by atoms with Crippen LogP contribution in [0, 0.1) is 0 Å². The number of aliphatic hydroxyl groups excluding tert-OH is 1. The fourth-order valence-electron chi connectivity index (χ4n) is 5.90. The van der Waals surface area contributed by atoms with E-state index < -0.39 is 0 Å². The smallest absolute Gasteiger partial charge is 0.123 e. The van der Waals surface area contributed by atoms with Gasteiger partial charge in [0.1, 0.15) is 11.5 Å². The first-order valence-corrected chi connectivity index (χ1v) is 11.6. The molecule has 2 heterocycles. The Labute approximate surface area is 196 Å². The first kappa shape index (κ1) is 22.0. The van der Waals surface area contributed by atoms with Crippen molar-refractivity contribution in [2.24, 2.45) is 0 Å². The molecule has 2 aliphatic rings. The van der Waals surface area contributed by atoms with Gasteiger partial charge in [0.15, 0.2) is 0 Å². The van der Waals surface area contributed by atoms with E-state index in [0.29, 0.717) is 5.92 Å². The third-order valence-corrected chi connectivity index (χ3v) is 7.35. The molecular formula is C28H32N2O3.